The van der Waals surface area contributed by atoms with E-state index >= 15 is 0 Å². The molecule has 5 atom stereocenters. The van der Waals surface area contributed by atoms with Crippen LogP contribution in [0.2, 0.25) is 0 Å². The molecular formula is C27H36N2O2. The summed E-state index contributed by atoms with van der Waals surface area (Å²) in [5, 5.41) is 10.7. The zero-order valence-corrected chi connectivity index (χ0v) is 19.4. The van der Waals surface area contributed by atoms with Crippen LogP contribution in [0.5, 0.6) is 0 Å². The maximum absolute atomic E-state index is 10.7. The minimum absolute atomic E-state index is 0.173. The standard InChI is InChI=1S/C27H36N2O2/c1-5-27-12-8-13-28-14-11-19-18-9-6-7-10-20(18)29(23(19)24(27)28)21(16-27)22-15-17(2)25(31-22)26(3,4)30/h6-7,10,15-18,24-25,30H,5,8-9,11-14H2,1-4H3/t17?,18?,24-,25?,27+/m1/s1. The van der Waals surface area contributed by atoms with Crippen molar-refractivity contribution in [3.05, 3.63) is 58.8 Å². The molecule has 5 heterocycles. The topological polar surface area (TPSA) is 35.9 Å². The molecule has 4 nitrogen and oxygen atoms in total. The van der Waals surface area contributed by atoms with Crippen LogP contribution in [0.15, 0.2) is 58.8 Å². The van der Waals surface area contributed by atoms with E-state index in [0.717, 1.165) is 18.6 Å². The summed E-state index contributed by atoms with van der Waals surface area (Å²) < 4.78 is 6.53. The lowest BCUT2D eigenvalue weighted by Crippen LogP contribution is -2.58. The zero-order valence-electron chi connectivity index (χ0n) is 19.4. The van der Waals surface area contributed by atoms with Crippen LogP contribution in [-0.4, -0.2) is 45.7 Å². The van der Waals surface area contributed by atoms with Gasteiger partial charge in [0, 0.05) is 35.2 Å². The Kier molecular flexibility index (Phi) is 4.24. The Morgan fingerprint density at radius 1 is 1.29 bits per heavy atom. The minimum atomic E-state index is -0.866. The van der Waals surface area contributed by atoms with Crippen molar-refractivity contribution in [2.45, 2.75) is 77.5 Å². The maximum atomic E-state index is 10.7. The Morgan fingerprint density at radius 2 is 2.13 bits per heavy atom. The molecule has 1 N–H and O–H groups in total. The first-order chi connectivity index (χ1) is 14.8. The van der Waals surface area contributed by atoms with Crippen molar-refractivity contribution in [1.29, 1.82) is 0 Å². The zero-order chi connectivity index (χ0) is 21.5. The molecule has 4 heteroatoms. The average molecular weight is 421 g/mol. The first-order valence-electron chi connectivity index (χ1n) is 12.3. The molecule has 0 aromatic rings. The van der Waals surface area contributed by atoms with Gasteiger partial charge in [0.1, 0.15) is 11.9 Å². The molecule has 6 rings (SSSR count). The number of hydrogen-bond donors (Lipinski definition) is 1. The molecule has 0 aromatic heterocycles. The third-order valence-corrected chi connectivity index (χ3v) is 8.72. The molecule has 0 saturated carbocycles. The quantitative estimate of drug-likeness (QED) is 0.707. The Labute approximate surface area is 186 Å². The molecule has 0 radical (unpaired) electrons. The van der Waals surface area contributed by atoms with Crippen molar-refractivity contribution < 1.29 is 9.84 Å². The lowest BCUT2D eigenvalue weighted by molar-refractivity contribution is -0.0663. The van der Waals surface area contributed by atoms with Crippen LogP contribution in [0.4, 0.5) is 0 Å². The first kappa shape index (κ1) is 19.9. The Morgan fingerprint density at radius 3 is 2.87 bits per heavy atom. The molecule has 0 aromatic carbocycles. The SMILES string of the molecule is CC[C@]12C=C(C3=CC(C)C(C(C)(C)O)O3)N3C4=CC=CCC4C4=C3[C@H]1N(CCC2)CC4. The van der Waals surface area contributed by atoms with E-state index in [4.69, 9.17) is 4.74 Å². The van der Waals surface area contributed by atoms with Gasteiger partial charge in [-0.3, -0.25) is 4.90 Å². The highest BCUT2D eigenvalue weighted by Gasteiger charge is 2.56. The second-order valence-corrected chi connectivity index (χ2v) is 11.0. The summed E-state index contributed by atoms with van der Waals surface area (Å²) in [5.74, 6) is 1.67. The van der Waals surface area contributed by atoms with E-state index in [1.807, 2.05) is 13.8 Å². The fourth-order valence-corrected chi connectivity index (χ4v) is 7.37. The van der Waals surface area contributed by atoms with Crippen LogP contribution in [-0.2, 0) is 4.74 Å². The van der Waals surface area contributed by atoms with E-state index in [1.165, 1.54) is 43.7 Å². The Hall–Kier alpha value is -1.78. The number of nitrogens with zero attached hydrogens (tertiary/aromatic N) is 2. The largest absolute Gasteiger partial charge is 0.485 e. The van der Waals surface area contributed by atoms with Gasteiger partial charge in [0.2, 0.25) is 0 Å². The summed E-state index contributed by atoms with van der Waals surface area (Å²) in [7, 11) is 0. The number of allylic oxidation sites excluding steroid dienone is 4. The van der Waals surface area contributed by atoms with Crippen LogP contribution < -0.4 is 0 Å². The van der Waals surface area contributed by atoms with E-state index in [2.05, 4.69) is 54.0 Å². The van der Waals surface area contributed by atoms with Crippen LogP contribution in [0.25, 0.3) is 0 Å². The molecule has 0 spiro atoms. The summed E-state index contributed by atoms with van der Waals surface area (Å²) >= 11 is 0. The second-order valence-electron chi connectivity index (χ2n) is 11.0. The number of hydrogen-bond acceptors (Lipinski definition) is 4. The number of ether oxygens (including phenoxy) is 1. The molecule has 6 aliphatic rings. The van der Waals surface area contributed by atoms with Gasteiger partial charge in [0.15, 0.2) is 0 Å². The van der Waals surface area contributed by atoms with Crippen LogP contribution in [0.1, 0.15) is 59.8 Å². The van der Waals surface area contributed by atoms with Crippen molar-refractivity contribution in [1.82, 2.24) is 9.80 Å². The van der Waals surface area contributed by atoms with Gasteiger partial charge in [0.25, 0.3) is 0 Å². The number of piperidine rings is 1. The fraction of sp³-hybridized carbons (Fsp3) is 0.630. The molecule has 0 bridgehead atoms. The predicted octanol–water partition coefficient (Wildman–Crippen LogP) is 4.87. The van der Waals surface area contributed by atoms with Crippen molar-refractivity contribution in [3.63, 3.8) is 0 Å². The summed E-state index contributed by atoms with van der Waals surface area (Å²) in [4.78, 5) is 5.34. The molecule has 0 amide bonds. The number of aliphatic hydroxyl groups is 1. The molecule has 3 unspecified atom stereocenters. The van der Waals surface area contributed by atoms with Crippen molar-refractivity contribution in [2.75, 3.05) is 13.1 Å². The van der Waals surface area contributed by atoms with E-state index in [1.54, 1.807) is 11.3 Å². The van der Waals surface area contributed by atoms with Gasteiger partial charge in [-0.1, -0.05) is 26.0 Å². The van der Waals surface area contributed by atoms with Gasteiger partial charge in [-0.2, -0.15) is 0 Å². The van der Waals surface area contributed by atoms with E-state index in [-0.39, 0.29) is 17.4 Å². The molecule has 166 valence electrons. The van der Waals surface area contributed by atoms with Gasteiger partial charge >= 0.3 is 0 Å². The molecular weight excluding hydrogens is 384 g/mol. The number of fused-ring (bicyclic) bond motifs is 3. The first-order valence-corrected chi connectivity index (χ1v) is 12.3. The molecule has 1 saturated heterocycles. The van der Waals surface area contributed by atoms with Crippen LogP contribution >= 0.6 is 0 Å². The monoisotopic (exact) mass is 420 g/mol. The minimum Gasteiger partial charge on any atom is -0.485 e. The average Bonchev–Trinajstić information content (AvgIpc) is 3.31. The van der Waals surface area contributed by atoms with Gasteiger partial charge in [-0.25, -0.2) is 0 Å². The highest BCUT2D eigenvalue weighted by molar-refractivity contribution is 5.54. The van der Waals surface area contributed by atoms with Crippen molar-refractivity contribution in [2.24, 2.45) is 17.3 Å². The lowest BCUT2D eigenvalue weighted by Gasteiger charge is -2.56. The fourth-order valence-electron chi connectivity index (χ4n) is 7.37. The van der Waals surface area contributed by atoms with Gasteiger partial charge in [-0.15, -0.1) is 0 Å². The third kappa shape index (κ3) is 2.67. The van der Waals surface area contributed by atoms with Gasteiger partial charge < -0.3 is 14.7 Å². The Bertz CT molecular complexity index is 962. The lowest BCUT2D eigenvalue weighted by atomic mass is 9.65. The molecule has 1 aliphatic carbocycles. The van der Waals surface area contributed by atoms with Crippen molar-refractivity contribution in [3.8, 4) is 0 Å². The van der Waals surface area contributed by atoms with Crippen LogP contribution in [0.3, 0.4) is 0 Å². The van der Waals surface area contributed by atoms with E-state index in [0.29, 0.717) is 12.0 Å². The van der Waals surface area contributed by atoms with E-state index < -0.39 is 5.60 Å². The highest BCUT2D eigenvalue weighted by atomic mass is 16.5. The molecule has 1 fully saturated rings. The van der Waals surface area contributed by atoms with Gasteiger partial charge in [0.05, 0.1) is 17.3 Å². The van der Waals surface area contributed by atoms with Gasteiger partial charge in [-0.05, 0) is 76.3 Å². The Balaban J connectivity index is 1.53. The highest BCUT2D eigenvalue weighted by Crippen LogP contribution is 2.59. The second kappa shape index (κ2) is 6.62. The molecule has 31 heavy (non-hydrogen) atoms. The summed E-state index contributed by atoms with van der Waals surface area (Å²) in [6.07, 6.45) is 17.5. The summed E-state index contributed by atoms with van der Waals surface area (Å²) in [6, 6.07) is 0.495. The van der Waals surface area contributed by atoms with Crippen LogP contribution in [0, 0.1) is 17.3 Å². The third-order valence-electron chi connectivity index (χ3n) is 8.72. The number of rotatable bonds is 3. The van der Waals surface area contributed by atoms with Crippen molar-refractivity contribution >= 4 is 0 Å². The maximum Gasteiger partial charge on any atom is 0.140 e. The van der Waals surface area contributed by atoms with E-state index in [9.17, 15) is 5.11 Å². The summed E-state index contributed by atoms with van der Waals surface area (Å²) in [5.41, 5.74) is 5.21. The summed E-state index contributed by atoms with van der Waals surface area (Å²) in [6.45, 7) is 10.7. The smallest absolute Gasteiger partial charge is 0.140 e. The normalized spacial score (nSPS) is 39.0. The predicted molar refractivity (Wildman–Crippen MR) is 123 cm³/mol. The molecule has 5 aliphatic heterocycles.